The van der Waals surface area contributed by atoms with E-state index in [1.807, 2.05) is 6.92 Å². The quantitative estimate of drug-likeness (QED) is 0.851. The SMILES string of the molecule is CCCn1c(Sc2cc(F)c(Cl)cc2N)n[nH]c1=O. The lowest BCUT2D eigenvalue weighted by molar-refractivity contribution is 0.603. The van der Waals surface area contributed by atoms with E-state index in [2.05, 4.69) is 10.2 Å². The van der Waals surface area contributed by atoms with Gasteiger partial charge >= 0.3 is 5.69 Å². The fraction of sp³-hybridized carbons (Fsp3) is 0.273. The molecular weight excluding hydrogens is 291 g/mol. The summed E-state index contributed by atoms with van der Waals surface area (Å²) < 4.78 is 14.9. The van der Waals surface area contributed by atoms with Crippen molar-refractivity contribution in [1.82, 2.24) is 14.8 Å². The van der Waals surface area contributed by atoms with Crippen LogP contribution in [0.1, 0.15) is 13.3 Å². The maximum atomic E-state index is 13.4. The lowest BCUT2D eigenvalue weighted by Gasteiger charge is -2.07. The Kier molecular flexibility index (Phi) is 4.16. The summed E-state index contributed by atoms with van der Waals surface area (Å²) in [6.45, 7) is 2.48. The molecule has 1 aromatic heterocycles. The minimum atomic E-state index is -0.557. The number of nitrogens with one attached hydrogen (secondary N) is 1. The fourth-order valence-electron chi connectivity index (χ4n) is 1.53. The van der Waals surface area contributed by atoms with Crippen LogP contribution in [0.4, 0.5) is 10.1 Å². The van der Waals surface area contributed by atoms with E-state index in [0.717, 1.165) is 18.2 Å². The van der Waals surface area contributed by atoms with Gasteiger partial charge in [0.2, 0.25) is 0 Å². The van der Waals surface area contributed by atoms with Gasteiger partial charge in [0.15, 0.2) is 5.16 Å². The standard InChI is InChI=1S/C11H12ClFN4OS/c1-2-3-17-10(18)15-16-11(17)19-9-5-7(13)6(12)4-8(9)14/h4-5H,2-3,14H2,1H3,(H,15,18). The van der Waals surface area contributed by atoms with Crippen LogP contribution in [0.15, 0.2) is 27.0 Å². The number of nitrogen functional groups attached to an aromatic ring is 1. The van der Waals surface area contributed by atoms with E-state index in [1.165, 1.54) is 16.7 Å². The number of nitrogens with two attached hydrogens (primary N) is 1. The molecule has 0 aliphatic heterocycles. The summed E-state index contributed by atoms with van der Waals surface area (Å²) in [6.07, 6.45) is 0.789. The Hall–Kier alpha value is -1.47. The second kappa shape index (κ2) is 5.66. The minimum Gasteiger partial charge on any atom is -0.398 e. The summed E-state index contributed by atoms with van der Waals surface area (Å²) in [7, 11) is 0. The highest BCUT2D eigenvalue weighted by Gasteiger charge is 2.13. The molecule has 1 aromatic carbocycles. The summed E-state index contributed by atoms with van der Waals surface area (Å²) in [5.74, 6) is -0.557. The number of nitrogens with zero attached hydrogens (tertiary/aromatic N) is 2. The lowest BCUT2D eigenvalue weighted by Crippen LogP contribution is -2.17. The van der Waals surface area contributed by atoms with Crippen molar-refractivity contribution in [2.45, 2.75) is 29.9 Å². The van der Waals surface area contributed by atoms with Crippen LogP contribution in [0.25, 0.3) is 0 Å². The van der Waals surface area contributed by atoms with E-state index in [-0.39, 0.29) is 10.7 Å². The minimum absolute atomic E-state index is 0.0326. The Morgan fingerprint density at radius 2 is 2.32 bits per heavy atom. The van der Waals surface area contributed by atoms with E-state index < -0.39 is 5.82 Å². The monoisotopic (exact) mass is 302 g/mol. The number of halogens is 2. The molecule has 3 N–H and O–H groups in total. The molecule has 0 saturated heterocycles. The second-order valence-electron chi connectivity index (χ2n) is 3.87. The molecule has 2 aromatic rings. The van der Waals surface area contributed by atoms with Crippen molar-refractivity contribution in [1.29, 1.82) is 0 Å². The molecule has 0 bridgehead atoms. The van der Waals surface area contributed by atoms with Crippen molar-refractivity contribution in [3.8, 4) is 0 Å². The first-order valence-electron chi connectivity index (χ1n) is 5.60. The van der Waals surface area contributed by atoms with Crippen molar-refractivity contribution in [3.05, 3.63) is 33.5 Å². The van der Waals surface area contributed by atoms with Crippen LogP contribution in [-0.2, 0) is 6.54 Å². The Balaban J connectivity index is 2.36. The van der Waals surface area contributed by atoms with E-state index >= 15 is 0 Å². The average molecular weight is 303 g/mol. The number of hydrogen-bond acceptors (Lipinski definition) is 4. The number of hydrogen-bond donors (Lipinski definition) is 2. The van der Waals surface area contributed by atoms with Gasteiger partial charge in [-0.05, 0) is 30.3 Å². The number of rotatable bonds is 4. The highest BCUT2D eigenvalue weighted by molar-refractivity contribution is 7.99. The van der Waals surface area contributed by atoms with E-state index in [1.54, 1.807) is 0 Å². The Labute approximate surface area is 118 Å². The molecule has 0 atom stereocenters. The van der Waals surface area contributed by atoms with Crippen molar-refractivity contribution in [2.24, 2.45) is 0 Å². The van der Waals surface area contributed by atoms with Gasteiger partial charge in [0, 0.05) is 17.1 Å². The Morgan fingerprint density at radius 3 is 3.00 bits per heavy atom. The third-order valence-electron chi connectivity index (χ3n) is 2.42. The molecule has 5 nitrogen and oxygen atoms in total. The second-order valence-corrected chi connectivity index (χ2v) is 5.29. The summed E-state index contributed by atoms with van der Waals surface area (Å²) in [4.78, 5) is 12.0. The van der Waals surface area contributed by atoms with Crippen molar-refractivity contribution in [2.75, 3.05) is 5.73 Å². The topological polar surface area (TPSA) is 76.7 Å². The summed E-state index contributed by atoms with van der Waals surface area (Å²) in [5.41, 5.74) is 5.82. The molecule has 8 heteroatoms. The van der Waals surface area contributed by atoms with Gasteiger partial charge in [-0.25, -0.2) is 14.3 Å². The number of aromatic nitrogens is 3. The summed E-state index contributed by atoms with van der Waals surface area (Å²) in [6, 6.07) is 2.58. The van der Waals surface area contributed by atoms with Crippen molar-refractivity contribution < 1.29 is 4.39 Å². The molecule has 19 heavy (non-hydrogen) atoms. The van der Waals surface area contributed by atoms with E-state index in [4.69, 9.17) is 17.3 Å². The van der Waals surface area contributed by atoms with Gasteiger partial charge < -0.3 is 5.73 Å². The maximum absolute atomic E-state index is 13.4. The molecule has 0 radical (unpaired) electrons. The smallest absolute Gasteiger partial charge is 0.343 e. The molecule has 0 aliphatic rings. The third kappa shape index (κ3) is 2.93. The van der Waals surface area contributed by atoms with Gasteiger partial charge in [0.1, 0.15) is 5.82 Å². The van der Waals surface area contributed by atoms with E-state index in [0.29, 0.717) is 22.3 Å². The zero-order valence-electron chi connectivity index (χ0n) is 10.1. The summed E-state index contributed by atoms with van der Waals surface area (Å²) in [5, 5.41) is 6.68. The van der Waals surface area contributed by atoms with Crippen LogP contribution in [0.3, 0.4) is 0 Å². The van der Waals surface area contributed by atoms with Crippen molar-refractivity contribution in [3.63, 3.8) is 0 Å². The molecule has 0 saturated carbocycles. The largest absolute Gasteiger partial charge is 0.398 e. The molecule has 0 unspecified atom stereocenters. The Bertz CT molecular complexity index is 655. The van der Waals surface area contributed by atoms with Crippen LogP contribution in [0.2, 0.25) is 5.02 Å². The van der Waals surface area contributed by atoms with Gasteiger partial charge in [0.05, 0.1) is 5.02 Å². The average Bonchev–Trinajstić information content (AvgIpc) is 2.69. The molecular formula is C11H12ClFN4OS. The lowest BCUT2D eigenvalue weighted by atomic mass is 10.3. The van der Waals surface area contributed by atoms with Crippen LogP contribution in [0, 0.1) is 5.82 Å². The Morgan fingerprint density at radius 1 is 1.58 bits per heavy atom. The van der Waals surface area contributed by atoms with Gasteiger partial charge in [-0.15, -0.1) is 5.10 Å². The van der Waals surface area contributed by atoms with Crippen LogP contribution in [0.5, 0.6) is 0 Å². The van der Waals surface area contributed by atoms with Crippen LogP contribution in [-0.4, -0.2) is 14.8 Å². The first-order chi connectivity index (χ1) is 9.02. The van der Waals surface area contributed by atoms with Gasteiger partial charge in [-0.1, -0.05) is 18.5 Å². The molecule has 0 spiro atoms. The highest BCUT2D eigenvalue weighted by atomic mass is 35.5. The molecule has 2 rings (SSSR count). The number of anilines is 1. The predicted molar refractivity (Wildman–Crippen MR) is 73.1 cm³/mol. The van der Waals surface area contributed by atoms with Crippen LogP contribution < -0.4 is 11.4 Å². The summed E-state index contributed by atoms with van der Waals surface area (Å²) >= 11 is 6.75. The number of aromatic amines is 1. The fourth-order valence-corrected chi connectivity index (χ4v) is 2.62. The number of benzene rings is 1. The van der Waals surface area contributed by atoms with Gasteiger partial charge in [-0.3, -0.25) is 4.57 Å². The molecule has 0 amide bonds. The maximum Gasteiger partial charge on any atom is 0.343 e. The van der Waals surface area contributed by atoms with E-state index in [9.17, 15) is 9.18 Å². The normalized spacial score (nSPS) is 10.9. The predicted octanol–water partition coefficient (Wildman–Crippen LogP) is 2.51. The first kappa shape index (κ1) is 14.0. The molecule has 1 heterocycles. The molecule has 102 valence electrons. The third-order valence-corrected chi connectivity index (χ3v) is 3.78. The molecule has 0 fully saturated rings. The number of H-pyrrole nitrogens is 1. The van der Waals surface area contributed by atoms with Crippen molar-refractivity contribution >= 4 is 29.1 Å². The van der Waals surface area contributed by atoms with Crippen LogP contribution >= 0.6 is 23.4 Å². The highest BCUT2D eigenvalue weighted by Crippen LogP contribution is 2.33. The zero-order chi connectivity index (χ0) is 14.0. The first-order valence-corrected chi connectivity index (χ1v) is 6.80. The van der Waals surface area contributed by atoms with Gasteiger partial charge in [-0.2, -0.15) is 0 Å². The zero-order valence-corrected chi connectivity index (χ0v) is 11.7. The molecule has 0 aliphatic carbocycles. The van der Waals surface area contributed by atoms with Gasteiger partial charge in [0.25, 0.3) is 0 Å².